The summed E-state index contributed by atoms with van der Waals surface area (Å²) in [5.74, 6) is 0.911. The van der Waals surface area contributed by atoms with E-state index < -0.39 is 0 Å². The van der Waals surface area contributed by atoms with Crippen molar-refractivity contribution in [3.8, 4) is 0 Å². The fourth-order valence-electron chi connectivity index (χ4n) is 2.86. The van der Waals surface area contributed by atoms with Crippen molar-refractivity contribution in [1.29, 1.82) is 0 Å². The predicted molar refractivity (Wildman–Crippen MR) is 61.6 cm³/mol. The summed E-state index contributed by atoms with van der Waals surface area (Å²) >= 11 is 0. The van der Waals surface area contributed by atoms with Crippen molar-refractivity contribution < 1.29 is 0 Å². The van der Waals surface area contributed by atoms with E-state index in [4.69, 9.17) is 0 Å². The van der Waals surface area contributed by atoms with E-state index in [1.165, 1.54) is 31.6 Å². The number of nitrogens with one attached hydrogen (secondary N) is 1. The van der Waals surface area contributed by atoms with Crippen molar-refractivity contribution in [1.82, 2.24) is 10.2 Å². The lowest BCUT2D eigenvalue weighted by Crippen LogP contribution is -2.39. The standard InChI is InChI=1S/C13H18N2/c1-2-4-11(5-3-1)8-14-13-10-15-7-6-12(13)9-15/h1-5,12-14H,6-10H2. The Labute approximate surface area is 91.3 Å². The van der Waals surface area contributed by atoms with Gasteiger partial charge in [0.25, 0.3) is 0 Å². The Bertz CT molecular complexity index is 323. The van der Waals surface area contributed by atoms with Crippen LogP contribution in [0.5, 0.6) is 0 Å². The van der Waals surface area contributed by atoms with E-state index in [1.807, 2.05) is 0 Å². The first kappa shape index (κ1) is 9.37. The molecule has 3 unspecified atom stereocenters. The molecule has 0 spiro atoms. The average molecular weight is 202 g/mol. The summed E-state index contributed by atoms with van der Waals surface area (Å²) < 4.78 is 0. The monoisotopic (exact) mass is 202 g/mol. The molecule has 0 amide bonds. The van der Waals surface area contributed by atoms with Crippen molar-refractivity contribution in [3.05, 3.63) is 35.9 Å². The summed E-state index contributed by atoms with van der Waals surface area (Å²) in [6, 6.07) is 11.4. The minimum Gasteiger partial charge on any atom is -0.308 e. The summed E-state index contributed by atoms with van der Waals surface area (Å²) in [6.07, 6.45) is 1.40. The van der Waals surface area contributed by atoms with E-state index in [-0.39, 0.29) is 0 Å². The zero-order valence-electron chi connectivity index (χ0n) is 9.02. The van der Waals surface area contributed by atoms with E-state index in [2.05, 4.69) is 40.5 Å². The van der Waals surface area contributed by atoms with Crippen LogP contribution in [0.4, 0.5) is 0 Å². The maximum absolute atomic E-state index is 3.69. The molecular formula is C13H18N2. The zero-order valence-corrected chi connectivity index (χ0v) is 9.02. The lowest BCUT2D eigenvalue weighted by molar-refractivity contribution is 0.315. The minimum atomic E-state index is 0.735. The van der Waals surface area contributed by atoms with E-state index in [0.717, 1.165) is 18.5 Å². The molecule has 80 valence electrons. The predicted octanol–water partition coefficient (Wildman–Crippen LogP) is 1.48. The third-order valence-corrected chi connectivity index (χ3v) is 3.74. The van der Waals surface area contributed by atoms with Crippen molar-refractivity contribution in [2.24, 2.45) is 5.92 Å². The normalized spacial score (nSPS) is 33.5. The van der Waals surface area contributed by atoms with Crippen LogP contribution in [0.25, 0.3) is 0 Å². The molecule has 0 aliphatic carbocycles. The number of hydrogen-bond donors (Lipinski definition) is 1. The molecule has 2 aliphatic heterocycles. The van der Waals surface area contributed by atoms with Crippen LogP contribution in [0.2, 0.25) is 0 Å². The smallest absolute Gasteiger partial charge is 0.0239 e. The van der Waals surface area contributed by atoms with Crippen LogP contribution in [-0.2, 0) is 6.54 Å². The molecule has 1 aromatic carbocycles. The Morgan fingerprint density at radius 2 is 2.07 bits per heavy atom. The van der Waals surface area contributed by atoms with Gasteiger partial charge in [-0.15, -0.1) is 0 Å². The van der Waals surface area contributed by atoms with Crippen LogP contribution < -0.4 is 5.32 Å². The Balaban J connectivity index is 1.55. The van der Waals surface area contributed by atoms with Gasteiger partial charge in [0.1, 0.15) is 0 Å². The van der Waals surface area contributed by atoms with Gasteiger partial charge in [0.2, 0.25) is 0 Å². The number of rotatable bonds is 3. The molecule has 15 heavy (non-hydrogen) atoms. The van der Waals surface area contributed by atoms with Crippen LogP contribution in [0.15, 0.2) is 30.3 Å². The van der Waals surface area contributed by atoms with Gasteiger partial charge in [-0.2, -0.15) is 0 Å². The Hall–Kier alpha value is -0.860. The van der Waals surface area contributed by atoms with Crippen LogP contribution in [0.3, 0.4) is 0 Å². The molecule has 3 atom stereocenters. The Morgan fingerprint density at radius 1 is 1.20 bits per heavy atom. The fourth-order valence-corrected chi connectivity index (χ4v) is 2.86. The average Bonchev–Trinajstić information content (AvgIpc) is 2.89. The number of piperidine rings is 1. The van der Waals surface area contributed by atoms with Crippen LogP contribution in [0.1, 0.15) is 12.0 Å². The summed E-state index contributed by atoms with van der Waals surface area (Å²) in [5, 5.41) is 3.69. The van der Waals surface area contributed by atoms with Crippen LogP contribution >= 0.6 is 0 Å². The van der Waals surface area contributed by atoms with Crippen molar-refractivity contribution >= 4 is 0 Å². The first-order valence-corrected chi connectivity index (χ1v) is 5.91. The molecule has 0 saturated carbocycles. The molecule has 0 radical (unpaired) electrons. The first-order valence-electron chi connectivity index (χ1n) is 5.91. The molecule has 2 heteroatoms. The molecule has 3 rings (SSSR count). The van der Waals surface area contributed by atoms with Gasteiger partial charge in [0, 0.05) is 25.7 Å². The summed E-state index contributed by atoms with van der Waals surface area (Å²) in [5.41, 5.74) is 1.40. The van der Waals surface area contributed by atoms with Crippen molar-refractivity contribution in [3.63, 3.8) is 0 Å². The highest BCUT2D eigenvalue weighted by Crippen LogP contribution is 2.27. The summed E-state index contributed by atoms with van der Waals surface area (Å²) in [7, 11) is 0. The minimum absolute atomic E-state index is 0.735. The Morgan fingerprint density at radius 3 is 2.73 bits per heavy atom. The molecule has 1 aromatic rings. The molecule has 0 aromatic heterocycles. The second-order valence-electron chi connectivity index (χ2n) is 4.78. The van der Waals surface area contributed by atoms with Crippen LogP contribution in [-0.4, -0.2) is 30.6 Å². The lowest BCUT2D eigenvalue weighted by Gasteiger charge is -2.23. The second kappa shape index (κ2) is 3.95. The van der Waals surface area contributed by atoms with Gasteiger partial charge in [-0.05, 0) is 24.4 Å². The van der Waals surface area contributed by atoms with Gasteiger partial charge in [0.15, 0.2) is 0 Å². The topological polar surface area (TPSA) is 15.3 Å². The lowest BCUT2D eigenvalue weighted by atomic mass is 10.00. The molecule has 2 nitrogen and oxygen atoms in total. The van der Waals surface area contributed by atoms with Gasteiger partial charge < -0.3 is 10.2 Å². The summed E-state index contributed by atoms with van der Waals surface area (Å²) in [6.45, 7) is 4.94. The molecule has 2 heterocycles. The van der Waals surface area contributed by atoms with Gasteiger partial charge in [-0.3, -0.25) is 0 Å². The maximum atomic E-state index is 3.69. The zero-order chi connectivity index (χ0) is 10.1. The highest BCUT2D eigenvalue weighted by atomic mass is 15.2. The quantitative estimate of drug-likeness (QED) is 0.798. The molecule has 2 bridgehead atoms. The first-order chi connectivity index (χ1) is 7.42. The van der Waals surface area contributed by atoms with E-state index in [1.54, 1.807) is 0 Å². The van der Waals surface area contributed by atoms with E-state index in [0.29, 0.717) is 0 Å². The van der Waals surface area contributed by atoms with Gasteiger partial charge in [-0.25, -0.2) is 0 Å². The highest BCUT2D eigenvalue weighted by molar-refractivity contribution is 5.14. The van der Waals surface area contributed by atoms with Crippen molar-refractivity contribution in [2.75, 3.05) is 19.6 Å². The van der Waals surface area contributed by atoms with Crippen LogP contribution in [0, 0.1) is 5.92 Å². The molecular weight excluding hydrogens is 184 g/mol. The summed E-state index contributed by atoms with van der Waals surface area (Å²) in [4.78, 5) is 2.58. The number of hydrogen-bond acceptors (Lipinski definition) is 2. The molecule has 1 N–H and O–H groups in total. The number of benzene rings is 1. The Kier molecular flexibility index (Phi) is 2.47. The fraction of sp³-hybridized carbons (Fsp3) is 0.538. The molecule has 2 fully saturated rings. The van der Waals surface area contributed by atoms with E-state index in [9.17, 15) is 0 Å². The maximum Gasteiger partial charge on any atom is 0.0239 e. The molecule has 2 saturated heterocycles. The molecule has 2 aliphatic rings. The third kappa shape index (κ3) is 1.92. The van der Waals surface area contributed by atoms with Gasteiger partial charge in [-0.1, -0.05) is 30.3 Å². The largest absolute Gasteiger partial charge is 0.308 e. The third-order valence-electron chi connectivity index (χ3n) is 3.74. The highest BCUT2D eigenvalue weighted by Gasteiger charge is 2.37. The number of nitrogens with zero attached hydrogens (tertiary/aromatic N) is 1. The van der Waals surface area contributed by atoms with E-state index >= 15 is 0 Å². The van der Waals surface area contributed by atoms with Crippen molar-refractivity contribution in [2.45, 2.75) is 19.0 Å². The second-order valence-corrected chi connectivity index (χ2v) is 4.78. The van der Waals surface area contributed by atoms with Gasteiger partial charge in [0.05, 0.1) is 0 Å². The van der Waals surface area contributed by atoms with Gasteiger partial charge >= 0.3 is 0 Å². The number of fused-ring (bicyclic) bond motifs is 2. The SMILES string of the molecule is c1ccc(CNC2CN3CCC2C3)cc1.